The summed E-state index contributed by atoms with van der Waals surface area (Å²) in [7, 11) is 0. The Bertz CT molecular complexity index is 628. The van der Waals surface area contributed by atoms with Gasteiger partial charge in [0.15, 0.2) is 5.75 Å². The van der Waals surface area contributed by atoms with Crippen LogP contribution in [0.4, 0.5) is 0 Å². The van der Waals surface area contributed by atoms with Gasteiger partial charge >= 0.3 is 11.9 Å². The Balaban J connectivity index is 1.91. The van der Waals surface area contributed by atoms with Crippen molar-refractivity contribution in [2.75, 3.05) is 6.61 Å². The van der Waals surface area contributed by atoms with E-state index in [2.05, 4.69) is 6.92 Å². The summed E-state index contributed by atoms with van der Waals surface area (Å²) in [4.78, 5) is 23.7. The van der Waals surface area contributed by atoms with Crippen LogP contribution in [0, 0.1) is 0 Å². The molecule has 1 aromatic rings. The molecule has 0 saturated carbocycles. The fourth-order valence-corrected chi connectivity index (χ4v) is 3.97. The van der Waals surface area contributed by atoms with E-state index < -0.39 is 5.97 Å². The van der Waals surface area contributed by atoms with Gasteiger partial charge < -0.3 is 9.47 Å². The zero-order valence-electron chi connectivity index (χ0n) is 19.6. The smallest absolute Gasteiger partial charge is 0.311 e. The van der Waals surface area contributed by atoms with E-state index in [9.17, 15) is 9.59 Å². The first-order valence-electron chi connectivity index (χ1n) is 12.3. The minimum absolute atomic E-state index is 0.107. The van der Waals surface area contributed by atoms with Crippen molar-refractivity contribution in [1.82, 2.24) is 0 Å². The average Bonchev–Trinajstić information content (AvgIpc) is 2.76. The minimum Gasteiger partial charge on any atom is -0.466 e. The number of ether oxygens (including phenoxy) is 2. The molecule has 1 aromatic carbocycles. The first-order valence-corrected chi connectivity index (χ1v) is 13.1. The standard InChI is InChI=1S/C26H40Cl2O4/c1-2-3-4-5-6-7-8-9-10-11-12-13-14-21-31-24(29)19-16-20-25(30)32-26-22(27)17-15-18-23(26)28/h15,17-18H,2-14,16,19-21H2,1H3. The molecule has 0 aromatic heterocycles. The van der Waals surface area contributed by atoms with E-state index in [0.717, 1.165) is 12.8 Å². The number of halogens is 2. The molecule has 4 nitrogen and oxygen atoms in total. The Morgan fingerprint density at radius 1 is 0.688 bits per heavy atom. The van der Waals surface area contributed by atoms with Crippen molar-refractivity contribution in [3.8, 4) is 5.75 Å². The van der Waals surface area contributed by atoms with Crippen LogP contribution in [0.2, 0.25) is 10.0 Å². The highest BCUT2D eigenvalue weighted by Gasteiger charge is 2.13. The average molecular weight is 488 g/mol. The van der Waals surface area contributed by atoms with E-state index in [1.54, 1.807) is 18.2 Å². The van der Waals surface area contributed by atoms with Crippen LogP contribution in [0.25, 0.3) is 0 Å². The molecule has 0 bridgehead atoms. The van der Waals surface area contributed by atoms with Crippen LogP contribution < -0.4 is 4.74 Å². The van der Waals surface area contributed by atoms with Gasteiger partial charge in [-0.3, -0.25) is 9.59 Å². The Labute approximate surface area is 204 Å². The fourth-order valence-electron chi connectivity index (χ4n) is 3.50. The van der Waals surface area contributed by atoms with Crippen molar-refractivity contribution in [3.63, 3.8) is 0 Å². The quantitative estimate of drug-likeness (QED) is 0.111. The van der Waals surface area contributed by atoms with Crippen LogP contribution in [-0.2, 0) is 14.3 Å². The molecule has 0 radical (unpaired) electrons. The number of carbonyl (C=O) groups excluding carboxylic acids is 2. The van der Waals surface area contributed by atoms with Crippen molar-refractivity contribution < 1.29 is 19.1 Å². The van der Waals surface area contributed by atoms with Gasteiger partial charge in [0.1, 0.15) is 0 Å². The third-order valence-electron chi connectivity index (χ3n) is 5.41. The van der Waals surface area contributed by atoms with Gasteiger partial charge in [-0.15, -0.1) is 0 Å². The third-order valence-corrected chi connectivity index (χ3v) is 6.00. The van der Waals surface area contributed by atoms with Crippen molar-refractivity contribution in [1.29, 1.82) is 0 Å². The van der Waals surface area contributed by atoms with Crippen molar-refractivity contribution in [2.45, 2.75) is 110 Å². The van der Waals surface area contributed by atoms with Gasteiger partial charge in [-0.25, -0.2) is 0 Å². The molecule has 182 valence electrons. The maximum atomic E-state index is 11.9. The second-order valence-corrected chi connectivity index (χ2v) is 9.16. The largest absolute Gasteiger partial charge is 0.466 e. The van der Waals surface area contributed by atoms with E-state index in [-0.39, 0.29) is 34.6 Å². The molecule has 0 unspecified atom stereocenters. The lowest BCUT2D eigenvalue weighted by Crippen LogP contribution is -2.11. The number of carbonyl (C=O) groups is 2. The Morgan fingerprint density at radius 2 is 1.16 bits per heavy atom. The van der Waals surface area contributed by atoms with Crippen LogP contribution >= 0.6 is 23.2 Å². The maximum Gasteiger partial charge on any atom is 0.311 e. The Morgan fingerprint density at radius 3 is 1.69 bits per heavy atom. The number of esters is 2. The number of rotatable bonds is 19. The van der Waals surface area contributed by atoms with E-state index in [1.165, 1.54) is 70.6 Å². The minimum atomic E-state index is -0.468. The summed E-state index contributed by atoms with van der Waals surface area (Å²) >= 11 is 11.9. The van der Waals surface area contributed by atoms with Crippen molar-refractivity contribution >= 4 is 35.1 Å². The summed E-state index contributed by atoms with van der Waals surface area (Å²) < 4.78 is 10.4. The molecule has 0 spiro atoms. The van der Waals surface area contributed by atoms with Gasteiger partial charge in [0.25, 0.3) is 0 Å². The van der Waals surface area contributed by atoms with Crippen molar-refractivity contribution in [3.05, 3.63) is 28.2 Å². The van der Waals surface area contributed by atoms with Crippen molar-refractivity contribution in [2.24, 2.45) is 0 Å². The summed E-state index contributed by atoms with van der Waals surface area (Å²) in [5.74, 6) is -0.581. The topological polar surface area (TPSA) is 52.6 Å². The lowest BCUT2D eigenvalue weighted by Gasteiger charge is -2.08. The first-order chi connectivity index (χ1) is 15.5. The van der Waals surface area contributed by atoms with Gasteiger partial charge in [0.2, 0.25) is 0 Å². The second kappa shape index (κ2) is 19.2. The van der Waals surface area contributed by atoms with Crippen LogP contribution in [0.15, 0.2) is 18.2 Å². The van der Waals surface area contributed by atoms with Gasteiger partial charge in [0, 0.05) is 12.8 Å². The third kappa shape index (κ3) is 14.7. The molecule has 0 saturated heterocycles. The molecule has 1 rings (SSSR count). The molecule has 0 aliphatic carbocycles. The van der Waals surface area contributed by atoms with Gasteiger partial charge in [-0.1, -0.05) is 113 Å². The molecule has 6 heteroatoms. The van der Waals surface area contributed by atoms with E-state index in [1.807, 2.05) is 0 Å². The van der Waals surface area contributed by atoms with E-state index >= 15 is 0 Å². The normalized spacial score (nSPS) is 10.8. The molecular formula is C26H40Cl2O4. The first kappa shape index (κ1) is 28.8. The fraction of sp³-hybridized carbons (Fsp3) is 0.692. The molecule has 0 atom stereocenters. The molecule has 0 fully saturated rings. The van der Waals surface area contributed by atoms with Gasteiger partial charge in [0.05, 0.1) is 16.7 Å². The summed E-state index contributed by atoms with van der Waals surface area (Å²) in [6.07, 6.45) is 17.4. The lowest BCUT2D eigenvalue weighted by molar-refractivity contribution is -0.144. The second-order valence-electron chi connectivity index (χ2n) is 8.34. The van der Waals surface area contributed by atoms with E-state index in [4.69, 9.17) is 32.7 Å². The number of benzene rings is 1. The highest BCUT2D eigenvalue weighted by atomic mass is 35.5. The molecule has 0 N–H and O–H groups in total. The predicted molar refractivity (Wildman–Crippen MR) is 133 cm³/mol. The molecule has 0 aliphatic heterocycles. The number of hydrogen-bond acceptors (Lipinski definition) is 4. The summed E-state index contributed by atoms with van der Waals surface area (Å²) in [6, 6.07) is 4.88. The van der Waals surface area contributed by atoms with E-state index in [0.29, 0.717) is 13.0 Å². The summed E-state index contributed by atoms with van der Waals surface area (Å²) in [5.41, 5.74) is 0. The molecular weight excluding hydrogens is 447 g/mol. The monoisotopic (exact) mass is 486 g/mol. The lowest BCUT2D eigenvalue weighted by atomic mass is 10.0. The van der Waals surface area contributed by atoms with Crippen LogP contribution in [-0.4, -0.2) is 18.5 Å². The zero-order valence-corrected chi connectivity index (χ0v) is 21.2. The van der Waals surface area contributed by atoms with Crippen LogP contribution in [0.1, 0.15) is 110 Å². The maximum absolute atomic E-state index is 11.9. The zero-order chi connectivity index (χ0) is 23.4. The molecule has 32 heavy (non-hydrogen) atoms. The van der Waals surface area contributed by atoms with Gasteiger partial charge in [-0.2, -0.15) is 0 Å². The number of para-hydroxylation sites is 1. The Kier molecular flexibility index (Phi) is 17.3. The summed E-state index contributed by atoms with van der Waals surface area (Å²) in [6.45, 7) is 2.71. The van der Waals surface area contributed by atoms with Gasteiger partial charge in [-0.05, 0) is 25.0 Å². The predicted octanol–water partition coefficient (Wildman–Crippen LogP) is 8.70. The summed E-state index contributed by atoms with van der Waals surface area (Å²) in [5, 5.41) is 0.561. The Hall–Kier alpha value is -1.26. The van der Waals surface area contributed by atoms with Crippen LogP contribution in [0.3, 0.4) is 0 Å². The molecule has 0 heterocycles. The highest BCUT2D eigenvalue weighted by molar-refractivity contribution is 6.37. The van der Waals surface area contributed by atoms with Crippen LogP contribution in [0.5, 0.6) is 5.75 Å². The number of unbranched alkanes of at least 4 members (excludes halogenated alkanes) is 12. The molecule has 0 aliphatic rings. The SMILES string of the molecule is CCCCCCCCCCCCCCCOC(=O)CCCC(=O)Oc1c(Cl)cccc1Cl. The highest BCUT2D eigenvalue weighted by Crippen LogP contribution is 2.32. The molecule has 0 amide bonds. The number of hydrogen-bond donors (Lipinski definition) is 0.